The maximum absolute atomic E-state index is 12.4. The number of halogens is 2. The van der Waals surface area contributed by atoms with Crippen molar-refractivity contribution in [2.75, 3.05) is 13.7 Å². The first kappa shape index (κ1) is 19.7. The molecule has 0 amide bonds. The molecule has 1 aromatic heterocycles. The molecule has 0 fully saturated rings. The Kier molecular flexibility index (Phi) is 6.05. The van der Waals surface area contributed by atoms with Crippen molar-refractivity contribution in [3.05, 3.63) is 62.4 Å². The minimum atomic E-state index is -0.658. The molecule has 0 saturated heterocycles. The van der Waals surface area contributed by atoms with Gasteiger partial charge in [-0.15, -0.1) is 11.3 Å². The third-order valence-electron chi connectivity index (χ3n) is 4.13. The van der Waals surface area contributed by atoms with Crippen molar-refractivity contribution in [2.24, 2.45) is 0 Å². The van der Waals surface area contributed by atoms with Gasteiger partial charge in [0.1, 0.15) is 15.6 Å². The summed E-state index contributed by atoms with van der Waals surface area (Å²) >= 11 is 13.7. The third kappa shape index (κ3) is 3.95. The van der Waals surface area contributed by atoms with Crippen molar-refractivity contribution in [3.63, 3.8) is 0 Å². The lowest BCUT2D eigenvalue weighted by atomic mass is 10.1. The predicted molar refractivity (Wildman–Crippen MR) is 109 cm³/mol. The van der Waals surface area contributed by atoms with Gasteiger partial charge in [-0.2, -0.15) is 0 Å². The minimum Gasteiger partial charge on any atom is -0.495 e. The van der Waals surface area contributed by atoms with E-state index < -0.39 is 5.97 Å². The number of Topliss-reactive ketones (excluding diaryl/α,β-unsaturated/α-hetero) is 1. The number of hydrogen-bond acceptors (Lipinski definition) is 5. The van der Waals surface area contributed by atoms with Gasteiger partial charge in [-0.05, 0) is 24.1 Å². The number of carbonyl (C=O) groups is 2. The number of ether oxygens (including phenoxy) is 2. The van der Waals surface area contributed by atoms with Gasteiger partial charge in [-0.3, -0.25) is 4.79 Å². The van der Waals surface area contributed by atoms with Crippen LogP contribution in [0.25, 0.3) is 10.1 Å². The maximum Gasteiger partial charge on any atom is 0.350 e. The second kappa shape index (κ2) is 8.30. The fourth-order valence-corrected chi connectivity index (χ4v) is 4.36. The highest BCUT2D eigenvalue weighted by Gasteiger charge is 2.22. The van der Waals surface area contributed by atoms with Crippen LogP contribution in [0.4, 0.5) is 0 Å². The van der Waals surface area contributed by atoms with Gasteiger partial charge in [0.25, 0.3) is 0 Å². The summed E-state index contributed by atoms with van der Waals surface area (Å²) < 4.78 is 11.0. The van der Waals surface area contributed by atoms with Crippen molar-refractivity contribution in [1.29, 1.82) is 0 Å². The van der Waals surface area contributed by atoms with Crippen LogP contribution < -0.4 is 4.74 Å². The molecule has 1 heterocycles. The first-order chi connectivity index (χ1) is 13.0. The van der Waals surface area contributed by atoms with Crippen molar-refractivity contribution < 1.29 is 19.1 Å². The van der Waals surface area contributed by atoms with Crippen LogP contribution in [-0.4, -0.2) is 25.5 Å². The number of aryl methyl sites for hydroxylation is 1. The number of thiophene rings is 1. The topological polar surface area (TPSA) is 52.6 Å². The number of rotatable bonds is 6. The van der Waals surface area contributed by atoms with Crippen LogP contribution in [0, 0.1) is 0 Å². The minimum absolute atomic E-state index is 0.205. The molecule has 4 nitrogen and oxygen atoms in total. The Morgan fingerprint density at radius 1 is 1.04 bits per heavy atom. The van der Waals surface area contributed by atoms with Crippen LogP contribution >= 0.6 is 34.5 Å². The molecule has 7 heteroatoms. The van der Waals surface area contributed by atoms with Gasteiger partial charge in [0.05, 0.1) is 16.8 Å². The fourth-order valence-electron chi connectivity index (χ4n) is 2.58. The van der Waals surface area contributed by atoms with Crippen molar-refractivity contribution in [3.8, 4) is 5.75 Å². The number of methoxy groups -OCH3 is 1. The normalized spacial score (nSPS) is 10.8. The molecule has 0 unspecified atom stereocenters. The molecule has 0 spiro atoms. The second-order valence-electron chi connectivity index (χ2n) is 5.75. The van der Waals surface area contributed by atoms with Gasteiger partial charge in [-0.25, -0.2) is 4.79 Å². The Hall–Kier alpha value is -2.08. The average molecular weight is 423 g/mol. The highest BCUT2D eigenvalue weighted by Crippen LogP contribution is 2.43. The molecular weight excluding hydrogens is 407 g/mol. The lowest BCUT2D eigenvalue weighted by molar-refractivity contribution is 0.0480. The summed E-state index contributed by atoms with van der Waals surface area (Å²) in [5, 5.41) is 1.28. The summed E-state index contributed by atoms with van der Waals surface area (Å²) in [6.07, 6.45) is 0.890. The van der Waals surface area contributed by atoms with Crippen LogP contribution in [0.1, 0.15) is 32.5 Å². The van der Waals surface area contributed by atoms with E-state index in [4.69, 9.17) is 32.7 Å². The summed E-state index contributed by atoms with van der Waals surface area (Å²) in [5.74, 6) is -0.439. The van der Waals surface area contributed by atoms with E-state index in [1.165, 1.54) is 7.11 Å². The Labute approximate surface area is 170 Å². The quantitative estimate of drug-likeness (QED) is 0.370. The van der Waals surface area contributed by atoms with Gasteiger partial charge in [0.2, 0.25) is 0 Å². The maximum atomic E-state index is 12.4. The lowest BCUT2D eigenvalue weighted by Crippen LogP contribution is -2.13. The molecule has 0 atom stereocenters. The Bertz CT molecular complexity index is 1010. The molecule has 3 rings (SSSR count). The lowest BCUT2D eigenvalue weighted by Gasteiger charge is -2.04. The van der Waals surface area contributed by atoms with E-state index in [1.54, 1.807) is 24.3 Å². The van der Waals surface area contributed by atoms with E-state index >= 15 is 0 Å². The summed E-state index contributed by atoms with van der Waals surface area (Å²) in [5.41, 5.74) is 1.63. The van der Waals surface area contributed by atoms with E-state index in [0.29, 0.717) is 26.4 Å². The summed E-state index contributed by atoms with van der Waals surface area (Å²) in [6.45, 7) is 1.68. The van der Waals surface area contributed by atoms with E-state index in [1.807, 2.05) is 19.1 Å². The second-order valence-corrected chi connectivity index (χ2v) is 7.53. The molecule has 0 radical (unpaired) electrons. The predicted octanol–water partition coefficient (Wildman–Crippen LogP) is 5.82. The first-order valence-electron chi connectivity index (χ1n) is 8.20. The summed E-state index contributed by atoms with van der Waals surface area (Å²) in [6, 6.07) is 10.6. The van der Waals surface area contributed by atoms with Gasteiger partial charge < -0.3 is 9.47 Å². The SMILES string of the molecule is CCc1ccc(C(=O)COC(=O)c2sc3c(Cl)c(OC)ccc3c2Cl)cc1. The zero-order valence-corrected chi connectivity index (χ0v) is 17.0. The smallest absolute Gasteiger partial charge is 0.350 e. The third-order valence-corrected chi connectivity index (χ3v) is 6.32. The highest BCUT2D eigenvalue weighted by molar-refractivity contribution is 7.22. The zero-order chi connectivity index (χ0) is 19.6. The number of carbonyl (C=O) groups excluding carboxylic acids is 2. The molecule has 0 N–H and O–H groups in total. The van der Waals surface area contributed by atoms with Crippen molar-refractivity contribution >= 4 is 56.4 Å². The number of fused-ring (bicyclic) bond motifs is 1. The van der Waals surface area contributed by atoms with Gasteiger partial charge in [0.15, 0.2) is 12.4 Å². The van der Waals surface area contributed by atoms with Crippen LogP contribution in [-0.2, 0) is 11.2 Å². The Morgan fingerprint density at radius 3 is 2.37 bits per heavy atom. The van der Waals surface area contributed by atoms with E-state index in [0.717, 1.165) is 23.3 Å². The molecule has 0 bridgehead atoms. The van der Waals surface area contributed by atoms with E-state index in [-0.39, 0.29) is 22.3 Å². The molecule has 0 saturated carbocycles. The largest absolute Gasteiger partial charge is 0.495 e. The molecular formula is C20H16Cl2O4S. The molecule has 140 valence electrons. The van der Waals surface area contributed by atoms with Crippen LogP contribution in [0.15, 0.2) is 36.4 Å². The number of hydrogen-bond donors (Lipinski definition) is 0. The van der Waals surface area contributed by atoms with E-state index in [2.05, 4.69) is 0 Å². The van der Waals surface area contributed by atoms with E-state index in [9.17, 15) is 9.59 Å². The molecule has 0 aliphatic rings. The standard InChI is InChI=1S/C20H16Cl2O4S/c1-3-11-4-6-12(7-5-11)14(23)10-26-20(24)19-16(21)13-8-9-15(25-2)17(22)18(13)27-19/h4-9H,3,10H2,1-2H3. The molecule has 0 aliphatic heterocycles. The zero-order valence-electron chi connectivity index (χ0n) is 14.7. The molecule has 27 heavy (non-hydrogen) atoms. The van der Waals surface area contributed by atoms with Crippen LogP contribution in [0.2, 0.25) is 10.0 Å². The molecule has 2 aromatic carbocycles. The summed E-state index contributed by atoms with van der Waals surface area (Å²) in [4.78, 5) is 24.8. The average Bonchev–Trinajstić information content (AvgIpc) is 3.04. The summed E-state index contributed by atoms with van der Waals surface area (Å²) in [7, 11) is 1.51. The molecule has 3 aromatic rings. The van der Waals surface area contributed by atoms with Crippen LogP contribution in [0.3, 0.4) is 0 Å². The highest BCUT2D eigenvalue weighted by atomic mass is 35.5. The van der Waals surface area contributed by atoms with Crippen molar-refractivity contribution in [2.45, 2.75) is 13.3 Å². The number of benzene rings is 2. The first-order valence-corrected chi connectivity index (χ1v) is 9.77. The number of ketones is 1. The Balaban J connectivity index is 1.76. The molecule has 0 aliphatic carbocycles. The van der Waals surface area contributed by atoms with Gasteiger partial charge in [0, 0.05) is 10.9 Å². The monoisotopic (exact) mass is 422 g/mol. The van der Waals surface area contributed by atoms with Crippen LogP contribution in [0.5, 0.6) is 5.75 Å². The van der Waals surface area contributed by atoms with Crippen molar-refractivity contribution in [1.82, 2.24) is 0 Å². The van der Waals surface area contributed by atoms with Gasteiger partial charge >= 0.3 is 5.97 Å². The fraction of sp³-hybridized carbons (Fsp3) is 0.200. The Morgan fingerprint density at radius 2 is 1.74 bits per heavy atom. The van der Waals surface area contributed by atoms with Gasteiger partial charge in [-0.1, -0.05) is 54.4 Å². The number of esters is 1.